The molecule has 6 rings (SSSR count). The van der Waals surface area contributed by atoms with E-state index in [1.165, 1.54) is 38.5 Å². The maximum Gasteiger partial charge on any atom is 4.00 e. The molecule has 1 aliphatic rings. The van der Waals surface area contributed by atoms with Crippen molar-refractivity contribution in [2.45, 2.75) is 12.8 Å². The fourth-order valence-corrected chi connectivity index (χ4v) is 3.97. The van der Waals surface area contributed by atoms with Crippen LogP contribution in [0.15, 0.2) is 121 Å². The normalized spacial score (nSPS) is 11.6. The first-order valence-corrected chi connectivity index (χ1v) is 10.4. The van der Waals surface area contributed by atoms with Gasteiger partial charge in [0.25, 0.3) is 0 Å². The maximum atomic E-state index is 3.31. The van der Waals surface area contributed by atoms with Gasteiger partial charge in [0.05, 0.1) is 5.52 Å². The molecule has 0 aliphatic heterocycles. The predicted octanol–water partition coefficient (Wildman–Crippen LogP) is 1.43. The van der Waals surface area contributed by atoms with E-state index in [1.54, 1.807) is 0 Å². The molecule has 0 amide bonds. The maximum absolute atomic E-state index is 3.31. The molecule has 4 heteroatoms. The van der Waals surface area contributed by atoms with Crippen LogP contribution in [0.5, 0.6) is 0 Å². The second-order valence-electron chi connectivity index (χ2n) is 7.56. The van der Waals surface area contributed by atoms with Gasteiger partial charge in [0, 0.05) is 6.20 Å². The van der Waals surface area contributed by atoms with Gasteiger partial charge in [-0.25, -0.2) is 11.6 Å². The van der Waals surface area contributed by atoms with Crippen LogP contribution >= 0.6 is 0 Å². The zero-order valence-corrected chi connectivity index (χ0v) is 21.2. The molecule has 0 fully saturated rings. The molecule has 0 saturated carbocycles. The van der Waals surface area contributed by atoms with Crippen molar-refractivity contribution in [2.75, 3.05) is 0 Å². The monoisotopic (exact) mass is 503 g/mol. The fourth-order valence-electron chi connectivity index (χ4n) is 3.97. The summed E-state index contributed by atoms with van der Waals surface area (Å²) in [6.45, 7) is 0. The van der Waals surface area contributed by atoms with Crippen LogP contribution in [-0.2, 0) is 28.1 Å². The summed E-state index contributed by atoms with van der Waals surface area (Å²) in [4.78, 5) is 0. The smallest absolute Gasteiger partial charge is 1.00 e. The molecule has 0 radical (unpaired) electrons. The molecule has 162 valence electrons. The molecule has 1 aromatic heterocycles. The molecule has 1 nitrogen and oxygen atoms in total. The largest absolute Gasteiger partial charge is 4.00 e. The van der Waals surface area contributed by atoms with E-state index in [4.69, 9.17) is 0 Å². The van der Waals surface area contributed by atoms with Crippen molar-refractivity contribution in [3.05, 3.63) is 133 Å². The number of halogens is 2. The van der Waals surface area contributed by atoms with Crippen LogP contribution < -0.4 is 24.8 Å². The number of para-hydroxylation sites is 1. The number of nitrogens with zero attached hydrogens (tertiary/aromatic N) is 1. The summed E-state index contributed by atoms with van der Waals surface area (Å²) in [5.74, 6) is 0. The zero-order chi connectivity index (χ0) is 20.2. The predicted molar refractivity (Wildman–Crippen MR) is 127 cm³/mol. The molecule has 33 heavy (non-hydrogen) atoms. The van der Waals surface area contributed by atoms with Crippen LogP contribution in [0, 0.1) is 6.08 Å². The third-order valence-electron chi connectivity index (χ3n) is 5.48. The van der Waals surface area contributed by atoms with Crippen LogP contribution in [0.25, 0.3) is 27.4 Å². The van der Waals surface area contributed by atoms with Gasteiger partial charge < -0.3 is 29.4 Å². The summed E-state index contributed by atoms with van der Waals surface area (Å²) in [7, 11) is 0. The van der Waals surface area contributed by atoms with Crippen LogP contribution in [0.3, 0.4) is 0 Å². The molecule has 0 bridgehead atoms. The Kier molecular flexibility index (Phi) is 10.3. The van der Waals surface area contributed by atoms with Crippen LogP contribution in [-0.4, -0.2) is 4.57 Å². The summed E-state index contributed by atoms with van der Waals surface area (Å²) in [6, 6.07) is 34.1. The van der Waals surface area contributed by atoms with Crippen molar-refractivity contribution in [2.24, 2.45) is 0 Å². The summed E-state index contributed by atoms with van der Waals surface area (Å²) < 4.78 is 2.25. The van der Waals surface area contributed by atoms with Crippen molar-refractivity contribution in [1.82, 2.24) is 4.57 Å². The minimum Gasteiger partial charge on any atom is -1.00 e. The topological polar surface area (TPSA) is 4.93 Å². The van der Waals surface area contributed by atoms with Gasteiger partial charge in [0.2, 0.25) is 0 Å². The van der Waals surface area contributed by atoms with Gasteiger partial charge in [-0.1, -0.05) is 54.6 Å². The third-order valence-corrected chi connectivity index (χ3v) is 5.48. The molecule has 0 N–H and O–H groups in total. The van der Waals surface area contributed by atoms with E-state index in [1.807, 2.05) is 6.07 Å². The summed E-state index contributed by atoms with van der Waals surface area (Å²) >= 11 is 0. The Morgan fingerprint density at radius 1 is 0.788 bits per heavy atom. The van der Waals surface area contributed by atoms with E-state index >= 15 is 0 Å². The van der Waals surface area contributed by atoms with Crippen molar-refractivity contribution in [3.8, 4) is 5.69 Å². The first-order valence-electron chi connectivity index (χ1n) is 10.4. The number of aromatic nitrogens is 1. The number of hydrogen-bond donors (Lipinski definition) is 0. The number of fused-ring (bicyclic) bond motifs is 2. The summed E-state index contributed by atoms with van der Waals surface area (Å²) in [5.41, 5.74) is 5.18. The molecule has 0 atom stereocenters. The Morgan fingerprint density at radius 2 is 1.48 bits per heavy atom. The third kappa shape index (κ3) is 6.34. The minimum atomic E-state index is 0. The average molecular weight is 504 g/mol. The van der Waals surface area contributed by atoms with E-state index < -0.39 is 0 Å². The Labute approximate surface area is 222 Å². The Balaban J connectivity index is 0.000000229. The molecule has 0 saturated heterocycles. The Bertz CT molecular complexity index is 1310. The van der Waals surface area contributed by atoms with E-state index in [-0.39, 0.29) is 46.5 Å². The quantitative estimate of drug-likeness (QED) is 0.259. The van der Waals surface area contributed by atoms with Crippen LogP contribution in [0.2, 0.25) is 0 Å². The van der Waals surface area contributed by atoms with E-state index in [0.717, 1.165) is 12.8 Å². The van der Waals surface area contributed by atoms with Crippen LogP contribution in [0.4, 0.5) is 0 Å². The van der Waals surface area contributed by atoms with Gasteiger partial charge in [-0.2, -0.15) is 6.08 Å². The molecular formula is C29H23Cl2NTi. The van der Waals surface area contributed by atoms with Gasteiger partial charge >= 0.3 is 21.7 Å². The van der Waals surface area contributed by atoms with Crippen molar-refractivity contribution in [3.63, 3.8) is 0 Å². The van der Waals surface area contributed by atoms with Gasteiger partial charge in [-0.15, -0.1) is 47.5 Å². The van der Waals surface area contributed by atoms with E-state index in [2.05, 4.69) is 120 Å². The van der Waals surface area contributed by atoms with Gasteiger partial charge in [-0.05, 0) is 35.2 Å². The first kappa shape index (κ1) is 26.8. The minimum absolute atomic E-state index is 0. The number of benzene rings is 3. The summed E-state index contributed by atoms with van der Waals surface area (Å²) in [6.07, 6.45) is 11.8. The van der Waals surface area contributed by atoms with Crippen LogP contribution in [0.1, 0.15) is 12.0 Å². The average Bonchev–Trinajstić information content (AvgIpc) is 3.54. The van der Waals surface area contributed by atoms with Crippen molar-refractivity contribution >= 4 is 21.7 Å². The Morgan fingerprint density at radius 3 is 2.21 bits per heavy atom. The number of allylic oxidation sites excluding steroid dienone is 4. The van der Waals surface area contributed by atoms with Gasteiger partial charge in [0.15, 0.2) is 0 Å². The van der Waals surface area contributed by atoms with Gasteiger partial charge in [-0.3, -0.25) is 6.08 Å². The molecule has 4 aromatic carbocycles. The molecular weight excluding hydrogens is 481 g/mol. The molecule has 0 spiro atoms. The second-order valence-corrected chi connectivity index (χ2v) is 7.56. The molecule has 5 aromatic rings. The standard InChI is InChI=1S/C17H12N.C12H11.2ClH.Ti/c1-2-7-15-12-16(11-14(15)6-1)18-10-9-13-5-3-4-8-17(13)18;1-2-6-11(7-3-1)10-12-8-4-5-9-12;;;/h1-12H;1-4,6-8H,5,10H2;2*1H;/q2*-1;;;+4/p-2. The van der Waals surface area contributed by atoms with E-state index in [9.17, 15) is 0 Å². The summed E-state index contributed by atoms with van der Waals surface area (Å²) in [5, 5.41) is 3.87. The Hall–Kier alpha value is -2.42. The molecule has 0 unspecified atom stereocenters. The molecule has 1 aliphatic carbocycles. The van der Waals surface area contributed by atoms with Gasteiger partial charge in [0.1, 0.15) is 0 Å². The SMILES string of the molecule is [C-]1=C(Cc2ccccc2)C=CC1.[Cl-].[Cl-].[Ti+4].c1ccc2[cH-]c(-n3ccc4ccccc43)cc2c1. The number of rotatable bonds is 3. The van der Waals surface area contributed by atoms with Crippen molar-refractivity contribution < 1.29 is 46.5 Å². The zero-order valence-electron chi connectivity index (χ0n) is 18.1. The van der Waals surface area contributed by atoms with E-state index in [0.29, 0.717) is 0 Å². The number of hydrogen-bond acceptors (Lipinski definition) is 0. The molecule has 1 heterocycles. The first-order chi connectivity index (χ1) is 14.9. The van der Waals surface area contributed by atoms with Crippen molar-refractivity contribution in [1.29, 1.82) is 0 Å². The second kappa shape index (κ2) is 12.7. The fraction of sp³-hybridized carbons (Fsp3) is 0.0690.